The van der Waals surface area contributed by atoms with Gasteiger partial charge in [-0.15, -0.1) is 0 Å². The van der Waals surface area contributed by atoms with Gasteiger partial charge in [0.1, 0.15) is 0 Å². The lowest BCUT2D eigenvalue weighted by Gasteiger charge is -2.33. The van der Waals surface area contributed by atoms with Crippen LogP contribution in [0.4, 0.5) is 5.69 Å². The number of aromatic carboxylic acids is 1. The van der Waals surface area contributed by atoms with Crippen molar-refractivity contribution in [2.45, 2.75) is 31.9 Å². The summed E-state index contributed by atoms with van der Waals surface area (Å²) in [4.78, 5) is 11.0. The highest BCUT2D eigenvalue weighted by Gasteiger charge is 2.27. The third kappa shape index (κ3) is 2.17. The number of rotatable bonds is 3. The molecule has 1 aromatic carbocycles. The van der Waals surface area contributed by atoms with Crippen LogP contribution in [0.5, 0.6) is 0 Å². The second-order valence-electron chi connectivity index (χ2n) is 4.32. The van der Waals surface area contributed by atoms with Crippen LogP contribution in [0, 0.1) is 6.92 Å². The van der Waals surface area contributed by atoms with E-state index >= 15 is 0 Å². The van der Waals surface area contributed by atoms with Crippen LogP contribution in [-0.2, 0) is 0 Å². The largest absolute Gasteiger partial charge is 0.478 e. The molecule has 1 fully saturated rings. The smallest absolute Gasteiger partial charge is 0.337 e. The minimum atomic E-state index is -0.925. The summed E-state index contributed by atoms with van der Waals surface area (Å²) < 4.78 is 0. The number of carboxylic acids is 1. The molecule has 0 bridgehead atoms. The SMILES string of the molecule is Cc1ccc(NC2CC(O)C2)c(C(=O)O)c1. The Morgan fingerprint density at radius 3 is 2.69 bits per heavy atom. The Bertz CT molecular complexity index is 411. The Kier molecular flexibility index (Phi) is 2.83. The molecule has 0 saturated heterocycles. The van der Waals surface area contributed by atoms with Gasteiger partial charge >= 0.3 is 5.97 Å². The first kappa shape index (κ1) is 11.0. The Morgan fingerprint density at radius 1 is 1.44 bits per heavy atom. The van der Waals surface area contributed by atoms with Crippen molar-refractivity contribution in [1.29, 1.82) is 0 Å². The Morgan fingerprint density at radius 2 is 2.12 bits per heavy atom. The number of carbonyl (C=O) groups is 1. The average molecular weight is 221 g/mol. The first-order chi connectivity index (χ1) is 7.56. The second-order valence-corrected chi connectivity index (χ2v) is 4.32. The minimum absolute atomic E-state index is 0.191. The number of aryl methyl sites for hydroxylation is 1. The lowest BCUT2D eigenvalue weighted by Crippen LogP contribution is -2.39. The highest BCUT2D eigenvalue weighted by Crippen LogP contribution is 2.26. The van der Waals surface area contributed by atoms with Crippen LogP contribution in [0.15, 0.2) is 18.2 Å². The van der Waals surface area contributed by atoms with Gasteiger partial charge in [0, 0.05) is 11.7 Å². The van der Waals surface area contributed by atoms with Gasteiger partial charge < -0.3 is 15.5 Å². The lowest BCUT2D eigenvalue weighted by molar-refractivity contribution is 0.0697. The molecule has 0 spiro atoms. The van der Waals surface area contributed by atoms with Gasteiger partial charge in [-0.3, -0.25) is 0 Å². The summed E-state index contributed by atoms with van der Waals surface area (Å²) in [5, 5.41) is 21.4. The first-order valence-electron chi connectivity index (χ1n) is 5.35. The van der Waals surface area contributed by atoms with Gasteiger partial charge in [-0.05, 0) is 31.9 Å². The van der Waals surface area contributed by atoms with Crippen molar-refractivity contribution in [2.24, 2.45) is 0 Å². The van der Waals surface area contributed by atoms with E-state index in [1.165, 1.54) is 0 Å². The fraction of sp³-hybridized carbons (Fsp3) is 0.417. The topological polar surface area (TPSA) is 69.6 Å². The quantitative estimate of drug-likeness (QED) is 0.725. The highest BCUT2D eigenvalue weighted by atomic mass is 16.4. The van der Waals surface area contributed by atoms with E-state index in [4.69, 9.17) is 10.2 Å². The van der Waals surface area contributed by atoms with Crippen LogP contribution in [0.1, 0.15) is 28.8 Å². The molecule has 4 nitrogen and oxygen atoms in total. The van der Waals surface area contributed by atoms with Crippen LogP contribution in [0.3, 0.4) is 0 Å². The molecule has 1 aromatic rings. The number of aliphatic hydroxyl groups excluding tert-OH is 1. The van der Waals surface area contributed by atoms with Gasteiger partial charge in [-0.1, -0.05) is 11.6 Å². The summed E-state index contributed by atoms with van der Waals surface area (Å²) >= 11 is 0. The van der Waals surface area contributed by atoms with Crippen molar-refractivity contribution < 1.29 is 15.0 Å². The Labute approximate surface area is 93.9 Å². The van der Waals surface area contributed by atoms with E-state index < -0.39 is 5.97 Å². The maximum atomic E-state index is 11.0. The van der Waals surface area contributed by atoms with Crippen molar-refractivity contribution in [1.82, 2.24) is 0 Å². The molecule has 1 aliphatic carbocycles. The van der Waals surface area contributed by atoms with Crippen molar-refractivity contribution >= 4 is 11.7 Å². The fourth-order valence-corrected chi connectivity index (χ4v) is 1.89. The zero-order valence-electron chi connectivity index (χ0n) is 9.10. The highest BCUT2D eigenvalue weighted by molar-refractivity contribution is 5.94. The Balaban J connectivity index is 2.16. The predicted octanol–water partition coefficient (Wildman–Crippen LogP) is 1.63. The predicted molar refractivity (Wildman–Crippen MR) is 60.8 cm³/mol. The van der Waals surface area contributed by atoms with E-state index in [0.29, 0.717) is 24.1 Å². The van der Waals surface area contributed by atoms with Crippen molar-refractivity contribution in [3.8, 4) is 0 Å². The molecule has 16 heavy (non-hydrogen) atoms. The molecule has 4 heteroatoms. The molecule has 0 unspecified atom stereocenters. The molecule has 2 rings (SSSR count). The molecular formula is C12H15NO3. The summed E-state index contributed by atoms with van der Waals surface area (Å²) in [7, 11) is 0. The van der Waals surface area contributed by atoms with Gasteiger partial charge in [0.15, 0.2) is 0 Å². The van der Waals surface area contributed by atoms with E-state index in [1.807, 2.05) is 13.0 Å². The summed E-state index contributed by atoms with van der Waals surface area (Å²) in [6.45, 7) is 1.86. The van der Waals surface area contributed by atoms with Gasteiger partial charge in [-0.25, -0.2) is 4.79 Å². The van der Waals surface area contributed by atoms with Gasteiger partial charge in [-0.2, -0.15) is 0 Å². The normalized spacial score (nSPS) is 23.6. The van der Waals surface area contributed by atoms with Crippen LogP contribution in [-0.4, -0.2) is 28.3 Å². The van der Waals surface area contributed by atoms with Crippen LogP contribution in [0.25, 0.3) is 0 Å². The number of anilines is 1. The molecule has 86 valence electrons. The van der Waals surface area contributed by atoms with E-state index in [0.717, 1.165) is 5.56 Å². The number of benzene rings is 1. The molecule has 1 saturated carbocycles. The van der Waals surface area contributed by atoms with Crippen LogP contribution >= 0.6 is 0 Å². The lowest BCUT2D eigenvalue weighted by atomic mass is 9.89. The summed E-state index contributed by atoms with van der Waals surface area (Å²) in [6, 6.07) is 5.50. The van der Waals surface area contributed by atoms with E-state index in [-0.39, 0.29) is 12.1 Å². The molecule has 0 aliphatic heterocycles. The second kappa shape index (κ2) is 4.14. The molecule has 0 amide bonds. The molecule has 1 aliphatic rings. The number of hydrogen-bond donors (Lipinski definition) is 3. The number of nitrogens with one attached hydrogen (secondary N) is 1. The monoisotopic (exact) mass is 221 g/mol. The molecule has 3 N–H and O–H groups in total. The first-order valence-corrected chi connectivity index (χ1v) is 5.35. The summed E-state index contributed by atoms with van der Waals surface area (Å²) in [5.41, 5.74) is 1.85. The zero-order chi connectivity index (χ0) is 11.7. The van der Waals surface area contributed by atoms with E-state index in [2.05, 4.69) is 5.32 Å². The standard InChI is InChI=1S/C12H15NO3/c1-7-2-3-11(10(4-7)12(15)16)13-8-5-9(14)6-8/h2-4,8-9,13-14H,5-6H2,1H3,(H,15,16). The number of hydrogen-bond acceptors (Lipinski definition) is 3. The van der Waals surface area contributed by atoms with Crippen molar-refractivity contribution in [3.63, 3.8) is 0 Å². The van der Waals surface area contributed by atoms with Gasteiger partial charge in [0.25, 0.3) is 0 Å². The molecule has 0 heterocycles. The third-order valence-electron chi connectivity index (χ3n) is 2.88. The number of aliphatic hydroxyl groups is 1. The molecule has 0 atom stereocenters. The average Bonchev–Trinajstić information content (AvgIpc) is 2.17. The van der Waals surface area contributed by atoms with Crippen molar-refractivity contribution in [3.05, 3.63) is 29.3 Å². The fourth-order valence-electron chi connectivity index (χ4n) is 1.89. The van der Waals surface area contributed by atoms with Crippen LogP contribution in [0.2, 0.25) is 0 Å². The molecule has 0 radical (unpaired) electrons. The third-order valence-corrected chi connectivity index (χ3v) is 2.88. The van der Waals surface area contributed by atoms with Gasteiger partial charge in [0.2, 0.25) is 0 Å². The maximum absolute atomic E-state index is 11.0. The summed E-state index contributed by atoms with van der Waals surface area (Å²) in [6.07, 6.45) is 1.14. The zero-order valence-corrected chi connectivity index (χ0v) is 9.10. The van der Waals surface area contributed by atoms with E-state index in [1.54, 1.807) is 12.1 Å². The molecule has 0 aromatic heterocycles. The van der Waals surface area contributed by atoms with Crippen molar-refractivity contribution in [2.75, 3.05) is 5.32 Å². The van der Waals surface area contributed by atoms with E-state index in [9.17, 15) is 4.79 Å². The number of carboxylic acid groups (broad SMARTS) is 1. The molecular weight excluding hydrogens is 206 g/mol. The maximum Gasteiger partial charge on any atom is 0.337 e. The van der Waals surface area contributed by atoms with Crippen LogP contribution < -0.4 is 5.32 Å². The summed E-state index contributed by atoms with van der Waals surface area (Å²) in [5.74, 6) is -0.925. The van der Waals surface area contributed by atoms with Gasteiger partial charge in [0.05, 0.1) is 11.7 Å². The minimum Gasteiger partial charge on any atom is -0.478 e. The Hall–Kier alpha value is -1.55.